The van der Waals surface area contributed by atoms with Gasteiger partial charge in [-0.05, 0) is 343 Å². The van der Waals surface area contributed by atoms with Crippen molar-refractivity contribution in [3.05, 3.63) is 433 Å². The van der Waals surface area contributed by atoms with Gasteiger partial charge in [0.05, 0.1) is 34.1 Å². The Hall–Kier alpha value is -18.1. The number of hydrogen-bond donors (Lipinski definition) is 0. The minimum atomic E-state index is 0.383. The first kappa shape index (κ1) is 84.7. The van der Waals surface area contributed by atoms with Gasteiger partial charge < -0.3 is 46.1 Å². The number of para-hydroxylation sites is 8. The Kier molecular flexibility index (Phi) is 18.7. The smallest absolute Gasteiger partial charge is 0.159 e. The molecule has 6 aromatic heterocycles. The summed E-state index contributed by atoms with van der Waals surface area (Å²) in [6.45, 7) is 22.3. The Morgan fingerprint density at radius 3 is 0.630 bits per heavy atom. The van der Waals surface area contributed by atoms with Gasteiger partial charge in [-0.3, -0.25) is 0 Å². The zero-order valence-electron chi connectivity index (χ0n) is 82.3. The molecule has 0 radical (unpaired) electrons. The lowest BCUT2D eigenvalue weighted by Gasteiger charge is -2.31. The fourth-order valence-electron chi connectivity index (χ4n) is 23.8. The molecular weight excluding hydrogens is 1790 g/mol. The number of aryl methyl sites for hydroxylation is 6. The van der Waals surface area contributed by atoms with E-state index in [1.165, 1.54) is 99.1 Å². The molecule has 0 amide bonds. The average Bonchev–Trinajstić information content (AvgIpc) is 1.18. The zero-order chi connectivity index (χ0) is 97.6. The third-order valence-electron chi connectivity index (χ3n) is 31.3. The molecule has 0 fully saturated rings. The van der Waals surface area contributed by atoms with Gasteiger partial charge >= 0.3 is 0 Å². The normalized spacial score (nSPS) is 12.3. The lowest BCUT2D eigenvalue weighted by Crippen LogP contribution is -2.14. The Labute approximate surface area is 841 Å². The van der Waals surface area contributed by atoms with E-state index in [9.17, 15) is 0 Å². The summed E-state index contributed by atoms with van der Waals surface area (Å²) in [5.41, 5.74) is 42.6. The highest BCUT2D eigenvalue weighted by molar-refractivity contribution is 6.22. The molecule has 146 heavy (non-hydrogen) atoms. The number of rotatable bonds is 14. The van der Waals surface area contributed by atoms with Gasteiger partial charge in [-0.1, -0.05) is 258 Å². The number of nitrogens with zero attached hydrogens (tertiary/aromatic N) is 4. The maximum Gasteiger partial charge on any atom is 0.159 e. The Bertz CT molecular complexity index is 9880. The van der Waals surface area contributed by atoms with Crippen LogP contribution in [0.3, 0.4) is 0 Å². The standard InChI is InChI=1S/C70H42N2O4.C66H54N2O2/c1-39-25-31-53-49-15-5-9-23-63(49)75-69(53)65(39)71(59-19-11-17-51-47-13-3-7-21-61(47)73-67(51)59)45-29-27-41-35-55-57(37-43(41)33-45)56-36-42-28-30-46(34-44(42)38-58(55)56)72(60-20-12-18-52-48-14-4-8-22-62(48)74-68(52)60)66-40(2)26-32-54-50-16-6-10-24-64(50)76-70(54)66;1-37(2)43-21-17-39(5)59(35-43)67(63-41(7)19-27-53-51-13-9-11-15-61(51)69-65(53)63)49-25-23-45-31-55-57(33-47(45)29-49)56-32-46-24-26-50(30-48(46)34-58(55)56)68(60-36-44(38(3)4)22-18-40(60)6)64-42(8)20-28-54-52-14-10-12-16-62(52)70-66(54)64/h3-38H,1-2H3;9-38H,1-8H3. The van der Waals surface area contributed by atoms with Crippen LogP contribution in [0.2, 0.25) is 0 Å². The predicted molar refractivity (Wildman–Crippen MR) is 611 cm³/mol. The van der Waals surface area contributed by atoms with Crippen LogP contribution in [0, 0.1) is 41.5 Å². The summed E-state index contributed by atoms with van der Waals surface area (Å²) in [4.78, 5) is 9.58. The topological polar surface area (TPSA) is 91.8 Å². The van der Waals surface area contributed by atoms with Crippen molar-refractivity contribution < 1.29 is 26.5 Å². The van der Waals surface area contributed by atoms with Gasteiger partial charge in [0.2, 0.25) is 0 Å². The molecule has 0 atom stereocenters. The van der Waals surface area contributed by atoms with Crippen LogP contribution in [0.15, 0.2) is 415 Å². The van der Waals surface area contributed by atoms with E-state index in [0.717, 1.165) is 233 Å². The van der Waals surface area contributed by atoms with E-state index in [1.54, 1.807) is 0 Å². The molecule has 6 heterocycles. The molecule has 696 valence electrons. The van der Waals surface area contributed by atoms with Crippen LogP contribution in [-0.4, -0.2) is 0 Å². The molecule has 0 bridgehead atoms. The summed E-state index contributed by atoms with van der Waals surface area (Å²) in [6, 6.07) is 141. The Morgan fingerprint density at radius 1 is 0.164 bits per heavy atom. The molecule has 22 aromatic carbocycles. The van der Waals surface area contributed by atoms with Crippen molar-refractivity contribution in [1.82, 2.24) is 0 Å². The van der Waals surface area contributed by atoms with Crippen LogP contribution in [0.25, 0.3) is 219 Å². The number of furan rings is 6. The molecule has 30 rings (SSSR count). The van der Waals surface area contributed by atoms with E-state index in [-0.39, 0.29) is 0 Å². The summed E-state index contributed by atoms with van der Waals surface area (Å²) < 4.78 is 40.7. The molecule has 10 heteroatoms. The molecule has 2 aliphatic carbocycles. The highest BCUT2D eigenvalue weighted by Gasteiger charge is 2.35. The second-order valence-corrected chi connectivity index (χ2v) is 40.8. The van der Waals surface area contributed by atoms with Gasteiger partial charge in [-0.15, -0.1) is 0 Å². The van der Waals surface area contributed by atoms with Crippen molar-refractivity contribution in [3.63, 3.8) is 0 Å². The third-order valence-corrected chi connectivity index (χ3v) is 31.3. The molecule has 0 N–H and O–H groups in total. The molecule has 0 saturated carbocycles. The van der Waals surface area contributed by atoms with Crippen molar-refractivity contribution in [3.8, 4) is 44.5 Å². The molecule has 0 aliphatic heterocycles. The summed E-state index contributed by atoms with van der Waals surface area (Å²) in [7, 11) is 0. The van der Waals surface area contributed by atoms with Crippen molar-refractivity contribution in [2.75, 3.05) is 19.6 Å². The fraction of sp³-hybridized carbons (Fsp3) is 0.0882. The average molecular weight is 1880 g/mol. The van der Waals surface area contributed by atoms with Crippen LogP contribution in [0.4, 0.5) is 68.2 Å². The van der Waals surface area contributed by atoms with Gasteiger partial charge in [0.1, 0.15) is 33.5 Å². The van der Waals surface area contributed by atoms with Gasteiger partial charge in [-0.25, -0.2) is 0 Å². The quantitative estimate of drug-likeness (QED) is 0.105. The van der Waals surface area contributed by atoms with Crippen molar-refractivity contribution >= 4 is 243 Å². The lowest BCUT2D eigenvalue weighted by molar-refractivity contribution is 0.665. The minimum absolute atomic E-state index is 0.383. The summed E-state index contributed by atoms with van der Waals surface area (Å²) in [5, 5.41) is 22.7. The van der Waals surface area contributed by atoms with Crippen LogP contribution < -0.4 is 19.6 Å². The number of benzene rings is 22. The van der Waals surface area contributed by atoms with Crippen LogP contribution in [0.1, 0.15) is 84.0 Å². The summed E-state index contributed by atoms with van der Waals surface area (Å²) >= 11 is 0. The largest absolute Gasteiger partial charge is 0.454 e. The van der Waals surface area contributed by atoms with E-state index in [2.05, 4.69) is 441 Å². The second-order valence-electron chi connectivity index (χ2n) is 40.8. The lowest BCUT2D eigenvalue weighted by atomic mass is 9.78. The van der Waals surface area contributed by atoms with Gasteiger partial charge in [0, 0.05) is 98.8 Å². The maximum absolute atomic E-state index is 6.81. The molecule has 0 spiro atoms. The third kappa shape index (κ3) is 12.9. The first-order chi connectivity index (χ1) is 71.5. The SMILES string of the molecule is Cc1ccc(C(C)C)cc1N(c1ccc2cc3c(cc2c1)-c1cc2ccc(N(c4cc(C(C)C)ccc4C)c4c(C)ccc5c4oc4ccccc45)cc2cc1-3)c1c(C)ccc2c1oc1ccccc12.Cc1ccc2c(oc3ccccc32)c1N(c1ccc2cc3c(cc2c1)-c1cc2ccc(N(c4cccc5c4oc4ccccc45)c4c(C)ccc5c4oc4ccccc45)cc2cc1-3)c1cccc2c1oc1ccccc12. The molecule has 0 saturated heterocycles. The Morgan fingerprint density at radius 2 is 0.377 bits per heavy atom. The van der Waals surface area contributed by atoms with E-state index < -0.39 is 0 Å². The Balaban J connectivity index is 0.000000139. The van der Waals surface area contributed by atoms with E-state index in [0.29, 0.717) is 11.8 Å². The predicted octanol–water partition coefficient (Wildman–Crippen LogP) is 40.7. The molecule has 2 aliphatic rings. The molecule has 28 aromatic rings. The van der Waals surface area contributed by atoms with Crippen LogP contribution in [-0.2, 0) is 0 Å². The fourth-order valence-corrected chi connectivity index (χ4v) is 23.8. The van der Waals surface area contributed by atoms with Crippen molar-refractivity contribution in [2.24, 2.45) is 0 Å². The van der Waals surface area contributed by atoms with Crippen LogP contribution in [0.5, 0.6) is 0 Å². The van der Waals surface area contributed by atoms with E-state index >= 15 is 0 Å². The summed E-state index contributed by atoms with van der Waals surface area (Å²) in [5.74, 6) is 0.767. The molecular formula is C136H96N4O6. The molecule has 0 unspecified atom stereocenters. The van der Waals surface area contributed by atoms with Gasteiger partial charge in [-0.2, -0.15) is 0 Å². The number of hydrogen-bond acceptors (Lipinski definition) is 10. The first-order valence-corrected chi connectivity index (χ1v) is 50.7. The van der Waals surface area contributed by atoms with Gasteiger partial charge in [0.25, 0.3) is 0 Å². The first-order valence-electron chi connectivity index (χ1n) is 50.7. The minimum Gasteiger partial charge on any atom is -0.454 e. The summed E-state index contributed by atoms with van der Waals surface area (Å²) in [6.07, 6.45) is 0. The van der Waals surface area contributed by atoms with E-state index in [4.69, 9.17) is 26.5 Å². The van der Waals surface area contributed by atoms with Crippen molar-refractivity contribution in [2.45, 2.75) is 81.1 Å². The molecule has 10 nitrogen and oxygen atoms in total. The highest BCUT2D eigenvalue weighted by Crippen LogP contribution is 2.59. The number of fused-ring (bicyclic) bond motifs is 30. The number of anilines is 12. The van der Waals surface area contributed by atoms with Crippen LogP contribution >= 0.6 is 0 Å². The van der Waals surface area contributed by atoms with Gasteiger partial charge in [0.15, 0.2) is 33.5 Å². The second kappa shape index (κ2) is 32.2. The monoisotopic (exact) mass is 1880 g/mol. The van der Waals surface area contributed by atoms with E-state index in [1.807, 2.05) is 36.4 Å². The highest BCUT2D eigenvalue weighted by atomic mass is 16.4. The van der Waals surface area contributed by atoms with Crippen molar-refractivity contribution in [1.29, 1.82) is 0 Å². The maximum atomic E-state index is 6.81. The zero-order valence-corrected chi connectivity index (χ0v) is 82.3.